The summed E-state index contributed by atoms with van der Waals surface area (Å²) in [7, 11) is 0. The van der Waals surface area contributed by atoms with E-state index >= 15 is 0 Å². The molecule has 2 amide bonds. The van der Waals surface area contributed by atoms with E-state index < -0.39 is 0 Å². The molecule has 6 nitrogen and oxygen atoms in total. The minimum Gasteiger partial charge on any atom is -0.378 e. The highest BCUT2D eigenvalue weighted by molar-refractivity contribution is 6.06. The van der Waals surface area contributed by atoms with Crippen molar-refractivity contribution in [2.45, 2.75) is 44.6 Å². The molecule has 146 valence electrons. The minimum atomic E-state index is -0.0414. The second kappa shape index (κ2) is 8.52. The third-order valence-electron chi connectivity index (χ3n) is 5.32. The number of nitrogens with one attached hydrogen (secondary N) is 1. The standard InChI is InChI=1S/C22H25N3O3/c26-21(14-19-7-1-2-12-28-19)24-18-8-9-20-16(13-18)6-4-11-25(20)22(27)17-5-3-10-23-15-17/h3,5,8-10,13,15,19H,1-2,4,6-7,11-12,14H2,(H,24,26). The Morgan fingerprint density at radius 3 is 2.93 bits per heavy atom. The molecule has 1 atom stereocenters. The van der Waals surface area contributed by atoms with Gasteiger partial charge >= 0.3 is 0 Å². The zero-order valence-electron chi connectivity index (χ0n) is 15.9. The molecule has 6 heteroatoms. The summed E-state index contributed by atoms with van der Waals surface area (Å²) in [6.07, 6.45) is 8.61. The predicted molar refractivity (Wildman–Crippen MR) is 108 cm³/mol. The van der Waals surface area contributed by atoms with Gasteiger partial charge in [0.05, 0.1) is 18.1 Å². The van der Waals surface area contributed by atoms with Crippen molar-refractivity contribution >= 4 is 23.2 Å². The van der Waals surface area contributed by atoms with E-state index in [1.807, 2.05) is 18.2 Å². The van der Waals surface area contributed by atoms with E-state index in [0.717, 1.165) is 55.6 Å². The molecule has 0 bridgehead atoms. The number of rotatable bonds is 4. The van der Waals surface area contributed by atoms with Crippen LogP contribution in [0.3, 0.4) is 0 Å². The Hall–Kier alpha value is -2.73. The van der Waals surface area contributed by atoms with Crippen LogP contribution in [0, 0.1) is 0 Å². The third kappa shape index (κ3) is 4.22. The van der Waals surface area contributed by atoms with Gasteiger partial charge in [0.25, 0.3) is 5.91 Å². The molecule has 2 aromatic rings. The maximum Gasteiger partial charge on any atom is 0.259 e. The summed E-state index contributed by atoms with van der Waals surface area (Å²) >= 11 is 0. The van der Waals surface area contributed by atoms with Gasteiger partial charge in [-0.25, -0.2) is 0 Å². The van der Waals surface area contributed by atoms with Crippen molar-refractivity contribution in [3.8, 4) is 0 Å². The molecular formula is C22H25N3O3. The van der Waals surface area contributed by atoms with Crippen LogP contribution in [-0.2, 0) is 16.0 Å². The van der Waals surface area contributed by atoms with Crippen LogP contribution in [0.25, 0.3) is 0 Å². The first kappa shape index (κ1) is 18.6. The summed E-state index contributed by atoms with van der Waals surface area (Å²) in [5, 5.41) is 2.98. The molecule has 1 saturated heterocycles. The van der Waals surface area contributed by atoms with Crippen LogP contribution in [0.4, 0.5) is 11.4 Å². The minimum absolute atomic E-state index is 0.0223. The fraction of sp³-hybridized carbons (Fsp3) is 0.409. The molecule has 1 fully saturated rings. The Morgan fingerprint density at radius 2 is 2.14 bits per heavy atom. The Bertz CT molecular complexity index is 847. The van der Waals surface area contributed by atoms with Gasteiger partial charge in [-0.05, 0) is 68.0 Å². The number of nitrogens with zero attached hydrogens (tertiary/aromatic N) is 2. The van der Waals surface area contributed by atoms with E-state index in [0.29, 0.717) is 18.5 Å². The topological polar surface area (TPSA) is 71.5 Å². The van der Waals surface area contributed by atoms with E-state index in [2.05, 4.69) is 10.3 Å². The average molecular weight is 379 g/mol. The first-order valence-corrected chi connectivity index (χ1v) is 9.97. The largest absolute Gasteiger partial charge is 0.378 e. The molecular weight excluding hydrogens is 354 g/mol. The van der Waals surface area contributed by atoms with E-state index in [9.17, 15) is 9.59 Å². The molecule has 1 unspecified atom stereocenters. The Balaban J connectivity index is 1.45. The molecule has 0 radical (unpaired) electrons. The molecule has 1 aromatic heterocycles. The quantitative estimate of drug-likeness (QED) is 0.881. The number of amides is 2. The summed E-state index contributed by atoms with van der Waals surface area (Å²) in [5.74, 6) is -0.0637. The molecule has 0 saturated carbocycles. The van der Waals surface area contributed by atoms with Crippen LogP contribution in [-0.4, -0.2) is 36.1 Å². The third-order valence-corrected chi connectivity index (χ3v) is 5.32. The van der Waals surface area contributed by atoms with Crippen LogP contribution in [0.1, 0.15) is 48.0 Å². The van der Waals surface area contributed by atoms with Crippen molar-refractivity contribution in [3.05, 3.63) is 53.9 Å². The van der Waals surface area contributed by atoms with Crippen molar-refractivity contribution in [3.63, 3.8) is 0 Å². The second-order valence-corrected chi connectivity index (χ2v) is 7.39. The Morgan fingerprint density at radius 1 is 1.21 bits per heavy atom. The number of carbonyl (C=O) groups is 2. The van der Waals surface area contributed by atoms with Crippen molar-refractivity contribution < 1.29 is 14.3 Å². The number of aryl methyl sites for hydroxylation is 1. The first-order chi connectivity index (χ1) is 13.7. The van der Waals surface area contributed by atoms with Gasteiger partial charge in [0.15, 0.2) is 0 Å². The molecule has 0 aliphatic carbocycles. The van der Waals surface area contributed by atoms with E-state index in [1.54, 1.807) is 29.4 Å². The summed E-state index contributed by atoms with van der Waals surface area (Å²) < 4.78 is 5.65. The summed E-state index contributed by atoms with van der Waals surface area (Å²) in [5.41, 5.74) is 3.35. The van der Waals surface area contributed by atoms with Crippen LogP contribution in [0.2, 0.25) is 0 Å². The number of aromatic nitrogens is 1. The molecule has 28 heavy (non-hydrogen) atoms. The molecule has 0 spiro atoms. The number of anilines is 2. The second-order valence-electron chi connectivity index (χ2n) is 7.39. The zero-order chi connectivity index (χ0) is 19.3. The monoisotopic (exact) mass is 379 g/mol. The Labute approximate surface area is 164 Å². The molecule has 3 heterocycles. The lowest BCUT2D eigenvalue weighted by atomic mass is 10.00. The van der Waals surface area contributed by atoms with Crippen LogP contribution < -0.4 is 10.2 Å². The first-order valence-electron chi connectivity index (χ1n) is 9.97. The van der Waals surface area contributed by atoms with Crippen molar-refractivity contribution in [1.82, 2.24) is 4.98 Å². The molecule has 4 rings (SSSR count). The predicted octanol–water partition coefficient (Wildman–Crippen LogP) is 3.57. The van der Waals surface area contributed by atoms with Gasteiger partial charge in [-0.15, -0.1) is 0 Å². The summed E-state index contributed by atoms with van der Waals surface area (Å²) in [4.78, 5) is 31.0. The van der Waals surface area contributed by atoms with Crippen LogP contribution >= 0.6 is 0 Å². The van der Waals surface area contributed by atoms with Gasteiger partial charge in [-0.2, -0.15) is 0 Å². The molecule has 1 N–H and O–H groups in total. The molecule has 1 aromatic carbocycles. The van der Waals surface area contributed by atoms with Gasteiger partial charge in [-0.3, -0.25) is 14.6 Å². The Kier molecular flexibility index (Phi) is 5.67. The number of ether oxygens (including phenoxy) is 1. The van der Waals surface area contributed by atoms with Gasteiger partial charge in [0.2, 0.25) is 5.91 Å². The van der Waals surface area contributed by atoms with Gasteiger partial charge in [0.1, 0.15) is 0 Å². The van der Waals surface area contributed by atoms with Gasteiger partial charge in [-0.1, -0.05) is 0 Å². The summed E-state index contributed by atoms with van der Waals surface area (Å²) in [6.45, 7) is 1.43. The highest BCUT2D eigenvalue weighted by atomic mass is 16.5. The highest BCUT2D eigenvalue weighted by Crippen LogP contribution is 2.31. The lowest BCUT2D eigenvalue weighted by Crippen LogP contribution is -2.35. The smallest absolute Gasteiger partial charge is 0.259 e. The van der Waals surface area contributed by atoms with Gasteiger partial charge in [0, 0.05) is 36.9 Å². The SMILES string of the molecule is O=C(CC1CCCCO1)Nc1ccc2c(c1)CCCN2C(=O)c1cccnc1. The zero-order valence-corrected chi connectivity index (χ0v) is 15.9. The van der Waals surface area contributed by atoms with Crippen molar-refractivity contribution in [2.75, 3.05) is 23.4 Å². The number of pyridine rings is 1. The van der Waals surface area contributed by atoms with Gasteiger partial charge < -0.3 is 15.0 Å². The summed E-state index contributed by atoms with van der Waals surface area (Å²) in [6, 6.07) is 9.33. The normalized spacial score (nSPS) is 19.0. The number of carbonyl (C=O) groups excluding carboxylic acids is 2. The van der Waals surface area contributed by atoms with Crippen molar-refractivity contribution in [1.29, 1.82) is 0 Å². The van der Waals surface area contributed by atoms with E-state index in [1.165, 1.54) is 0 Å². The average Bonchev–Trinajstić information content (AvgIpc) is 2.74. The molecule has 2 aliphatic rings. The van der Waals surface area contributed by atoms with Crippen LogP contribution in [0.15, 0.2) is 42.7 Å². The van der Waals surface area contributed by atoms with Crippen molar-refractivity contribution in [2.24, 2.45) is 0 Å². The van der Waals surface area contributed by atoms with Crippen LogP contribution in [0.5, 0.6) is 0 Å². The van der Waals surface area contributed by atoms with E-state index in [4.69, 9.17) is 4.74 Å². The lowest BCUT2D eigenvalue weighted by molar-refractivity contribution is -0.119. The lowest BCUT2D eigenvalue weighted by Gasteiger charge is -2.30. The highest BCUT2D eigenvalue weighted by Gasteiger charge is 2.24. The maximum atomic E-state index is 12.8. The van der Waals surface area contributed by atoms with E-state index in [-0.39, 0.29) is 17.9 Å². The number of hydrogen-bond acceptors (Lipinski definition) is 4. The number of fused-ring (bicyclic) bond motifs is 1. The number of benzene rings is 1. The maximum absolute atomic E-state index is 12.8. The molecule has 2 aliphatic heterocycles. The fourth-order valence-electron chi connectivity index (χ4n) is 3.92. The number of hydrogen-bond donors (Lipinski definition) is 1. The fourth-order valence-corrected chi connectivity index (χ4v) is 3.92.